The highest BCUT2D eigenvalue weighted by Gasteiger charge is 2.29. The van der Waals surface area contributed by atoms with Gasteiger partial charge in [0.25, 0.3) is 0 Å². The van der Waals surface area contributed by atoms with Gasteiger partial charge < -0.3 is 4.74 Å². The van der Waals surface area contributed by atoms with Gasteiger partial charge in [0, 0.05) is 12.0 Å². The summed E-state index contributed by atoms with van der Waals surface area (Å²) in [5, 5.41) is 8.94. The molecule has 0 aromatic heterocycles. The van der Waals surface area contributed by atoms with Crippen LogP contribution < -0.4 is 0 Å². The number of thioether (sulfide) groups is 1. The molecule has 7 heteroatoms. The summed E-state index contributed by atoms with van der Waals surface area (Å²) in [6.45, 7) is -0.255. The Morgan fingerprint density at radius 2 is 2.21 bits per heavy atom. The SMILES string of the molecule is COCC(=O)C(C#N)c1cccc(SC(F)(F)F)c1. The van der Waals surface area contributed by atoms with Gasteiger partial charge in [-0.2, -0.15) is 18.4 Å². The second-order valence-corrected chi connectivity index (χ2v) is 4.72. The summed E-state index contributed by atoms with van der Waals surface area (Å²) in [4.78, 5) is 11.5. The van der Waals surface area contributed by atoms with Gasteiger partial charge in [-0.1, -0.05) is 12.1 Å². The van der Waals surface area contributed by atoms with Crippen LogP contribution in [0, 0.1) is 11.3 Å². The van der Waals surface area contributed by atoms with Gasteiger partial charge in [-0.25, -0.2) is 0 Å². The van der Waals surface area contributed by atoms with Gasteiger partial charge in [-0.3, -0.25) is 4.79 Å². The van der Waals surface area contributed by atoms with Crippen LogP contribution in [0.5, 0.6) is 0 Å². The lowest BCUT2D eigenvalue weighted by Crippen LogP contribution is -2.16. The molecule has 0 heterocycles. The van der Waals surface area contributed by atoms with E-state index in [2.05, 4.69) is 4.74 Å². The van der Waals surface area contributed by atoms with Crippen molar-refractivity contribution in [2.45, 2.75) is 16.3 Å². The lowest BCUT2D eigenvalue weighted by atomic mass is 9.97. The number of benzene rings is 1. The molecule has 1 unspecified atom stereocenters. The Bertz CT molecular complexity index is 496. The van der Waals surface area contributed by atoms with Gasteiger partial charge in [-0.05, 0) is 29.5 Å². The van der Waals surface area contributed by atoms with Crippen molar-refractivity contribution in [2.24, 2.45) is 0 Å². The summed E-state index contributed by atoms with van der Waals surface area (Å²) in [6, 6.07) is 7.07. The third kappa shape index (κ3) is 4.93. The van der Waals surface area contributed by atoms with Crippen LogP contribution in [0.3, 0.4) is 0 Å². The highest BCUT2D eigenvalue weighted by molar-refractivity contribution is 8.00. The molecule has 3 nitrogen and oxygen atoms in total. The van der Waals surface area contributed by atoms with E-state index in [1.165, 1.54) is 31.4 Å². The number of nitrogens with zero attached hydrogens (tertiary/aromatic N) is 1. The lowest BCUT2D eigenvalue weighted by molar-refractivity contribution is -0.122. The van der Waals surface area contributed by atoms with Gasteiger partial charge in [0.05, 0.1) is 6.07 Å². The number of carbonyl (C=O) groups is 1. The Balaban J connectivity index is 2.97. The highest BCUT2D eigenvalue weighted by Crippen LogP contribution is 2.37. The van der Waals surface area contributed by atoms with E-state index in [0.29, 0.717) is 0 Å². The molecule has 0 aliphatic rings. The van der Waals surface area contributed by atoms with Crippen LogP contribution in [-0.2, 0) is 9.53 Å². The van der Waals surface area contributed by atoms with E-state index in [1.807, 2.05) is 0 Å². The first-order valence-electron chi connectivity index (χ1n) is 5.14. The lowest BCUT2D eigenvalue weighted by Gasteiger charge is -2.10. The first-order valence-corrected chi connectivity index (χ1v) is 5.96. The van der Waals surface area contributed by atoms with Crippen molar-refractivity contribution in [3.8, 4) is 6.07 Å². The van der Waals surface area contributed by atoms with E-state index in [1.54, 1.807) is 6.07 Å². The highest BCUT2D eigenvalue weighted by atomic mass is 32.2. The Hall–Kier alpha value is -1.52. The molecule has 1 aromatic rings. The van der Waals surface area contributed by atoms with E-state index >= 15 is 0 Å². The fourth-order valence-electron chi connectivity index (χ4n) is 1.45. The molecule has 0 saturated heterocycles. The summed E-state index contributed by atoms with van der Waals surface area (Å²) in [6.07, 6.45) is 0. The summed E-state index contributed by atoms with van der Waals surface area (Å²) in [7, 11) is 1.31. The molecule has 0 fully saturated rings. The largest absolute Gasteiger partial charge is 0.446 e. The smallest absolute Gasteiger partial charge is 0.377 e. The molecule has 1 atom stereocenters. The van der Waals surface area contributed by atoms with Crippen LogP contribution in [0.2, 0.25) is 0 Å². The van der Waals surface area contributed by atoms with Crippen LogP contribution in [0.15, 0.2) is 29.2 Å². The number of Topliss-reactive ketones (excluding diaryl/α,β-unsaturated/α-hetero) is 1. The molecule has 0 amide bonds. The number of hydrogen-bond donors (Lipinski definition) is 0. The van der Waals surface area contributed by atoms with Gasteiger partial charge in [-0.15, -0.1) is 0 Å². The predicted molar refractivity (Wildman–Crippen MR) is 63.6 cm³/mol. The number of halogens is 3. The molecule has 0 aliphatic carbocycles. The molecule has 1 rings (SSSR count). The van der Waals surface area contributed by atoms with Crippen LogP contribution in [0.4, 0.5) is 13.2 Å². The number of hydrogen-bond acceptors (Lipinski definition) is 4. The Labute approximate surface area is 112 Å². The van der Waals surface area contributed by atoms with Crippen LogP contribution >= 0.6 is 11.8 Å². The molecule has 0 N–H and O–H groups in total. The number of ketones is 1. The zero-order valence-electron chi connectivity index (χ0n) is 9.90. The molecule has 19 heavy (non-hydrogen) atoms. The van der Waals surface area contributed by atoms with Gasteiger partial charge in [0.2, 0.25) is 0 Å². The van der Waals surface area contributed by atoms with Gasteiger partial charge in [0.15, 0.2) is 5.78 Å². The molecular weight excluding hydrogens is 279 g/mol. The summed E-state index contributed by atoms with van der Waals surface area (Å²) < 4.78 is 41.4. The number of nitriles is 1. The zero-order chi connectivity index (χ0) is 14.5. The quantitative estimate of drug-likeness (QED) is 0.781. The van der Waals surface area contributed by atoms with E-state index in [4.69, 9.17) is 5.26 Å². The molecule has 0 saturated carbocycles. The van der Waals surface area contributed by atoms with Crippen molar-refractivity contribution in [3.05, 3.63) is 29.8 Å². The van der Waals surface area contributed by atoms with Crippen molar-refractivity contribution in [1.29, 1.82) is 5.26 Å². The molecular formula is C12H10F3NO2S. The van der Waals surface area contributed by atoms with E-state index in [9.17, 15) is 18.0 Å². The minimum absolute atomic E-state index is 0.0598. The molecule has 0 spiro atoms. The molecule has 102 valence electrons. The van der Waals surface area contributed by atoms with Gasteiger partial charge in [0.1, 0.15) is 12.5 Å². The van der Waals surface area contributed by atoms with Gasteiger partial charge >= 0.3 is 5.51 Å². The van der Waals surface area contributed by atoms with Crippen molar-refractivity contribution >= 4 is 17.5 Å². The summed E-state index contributed by atoms with van der Waals surface area (Å²) in [5.41, 5.74) is -4.17. The third-order valence-electron chi connectivity index (χ3n) is 2.16. The summed E-state index contributed by atoms with van der Waals surface area (Å²) >= 11 is -0.284. The van der Waals surface area contributed by atoms with Crippen molar-refractivity contribution in [2.75, 3.05) is 13.7 Å². The fourth-order valence-corrected chi connectivity index (χ4v) is 2.06. The van der Waals surface area contributed by atoms with E-state index in [0.717, 1.165) is 0 Å². The average molecular weight is 289 g/mol. The molecule has 1 aromatic carbocycles. The predicted octanol–water partition coefficient (Wildman–Crippen LogP) is 3.12. The molecule has 0 bridgehead atoms. The van der Waals surface area contributed by atoms with E-state index < -0.39 is 17.2 Å². The number of alkyl halides is 3. The van der Waals surface area contributed by atoms with Crippen molar-refractivity contribution in [1.82, 2.24) is 0 Å². The fraction of sp³-hybridized carbons (Fsp3) is 0.333. The maximum atomic E-state index is 12.2. The zero-order valence-corrected chi connectivity index (χ0v) is 10.7. The number of ether oxygens (including phenoxy) is 1. The minimum atomic E-state index is -4.41. The second-order valence-electron chi connectivity index (χ2n) is 3.58. The first kappa shape index (κ1) is 15.5. The van der Waals surface area contributed by atoms with Crippen LogP contribution in [0.25, 0.3) is 0 Å². The second kappa shape index (κ2) is 6.59. The minimum Gasteiger partial charge on any atom is -0.377 e. The number of rotatable bonds is 5. The standard InChI is InChI=1S/C12H10F3NO2S/c1-18-7-11(17)10(6-16)8-3-2-4-9(5-8)19-12(13,14)15/h2-5,10H,7H2,1H3. The normalized spacial score (nSPS) is 12.8. The Kier molecular flexibility index (Phi) is 5.39. The summed E-state index contributed by atoms with van der Waals surface area (Å²) in [5.74, 6) is -1.60. The first-order chi connectivity index (χ1) is 8.87. The van der Waals surface area contributed by atoms with Crippen molar-refractivity contribution in [3.63, 3.8) is 0 Å². The van der Waals surface area contributed by atoms with Crippen molar-refractivity contribution < 1.29 is 22.7 Å². The van der Waals surface area contributed by atoms with E-state index in [-0.39, 0.29) is 28.8 Å². The monoisotopic (exact) mass is 289 g/mol. The number of methoxy groups -OCH3 is 1. The Morgan fingerprint density at radius 3 is 2.74 bits per heavy atom. The molecule has 0 aliphatic heterocycles. The maximum absolute atomic E-state index is 12.2. The van der Waals surface area contributed by atoms with Crippen LogP contribution in [-0.4, -0.2) is 25.0 Å². The average Bonchev–Trinajstić information content (AvgIpc) is 2.28. The third-order valence-corrected chi connectivity index (χ3v) is 2.88. The number of carbonyl (C=O) groups excluding carboxylic acids is 1. The maximum Gasteiger partial charge on any atom is 0.446 e. The molecule has 0 radical (unpaired) electrons. The van der Waals surface area contributed by atoms with Crippen LogP contribution in [0.1, 0.15) is 11.5 Å². The topological polar surface area (TPSA) is 50.1 Å². The Morgan fingerprint density at radius 1 is 1.53 bits per heavy atom.